The summed E-state index contributed by atoms with van der Waals surface area (Å²) < 4.78 is 47.2. The Morgan fingerprint density at radius 1 is 0.582 bits per heavy atom. The van der Waals surface area contributed by atoms with Crippen LogP contribution in [0.15, 0.2) is 79.1 Å². The minimum Gasteiger partial charge on any atom is -0.484 e. The van der Waals surface area contributed by atoms with E-state index in [0.29, 0.717) is 101 Å². The number of fused-ring (bicyclic) bond motifs is 5. The number of ketones is 1. The molecule has 2 aromatic heterocycles. The van der Waals surface area contributed by atoms with Gasteiger partial charge in [0.15, 0.2) is 37.1 Å². The number of carbonyl (C=O) groups is 6. The van der Waals surface area contributed by atoms with Crippen molar-refractivity contribution < 1.29 is 76.5 Å². The van der Waals surface area contributed by atoms with Gasteiger partial charge in [0.05, 0.1) is 55.5 Å². The summed E-state index contributed by atoms with van der Waals surface area (Å²) in [5, 5.41) is 11.7. The number of aliphatic hydroxyl groups excluding tert-OH is 1. The van der Waals surface area contributed by atoms with Gasteiger partial charge in [-0.2, -0.15) is 0 Å². The van der Waals surface area contributed by atoms with E-state index < -0.39 is 24.3 Å². The van der Waals surface area contributed by atoms with Crippen molar-refractivity contribution in [2.45, 2.75) is 13.1 Å². The predicted octanol–water partition coefficient (Wildman–Crippen LogP) is 3.32. The molecule has 0 aliphatic carbocycles. The smallest absolute Gasteiger partial charge is 0.337 e. The van der Waals surface area contributed by atoms with Crippen LogP contribution < -0.4 is 48.3 Å². The van der Waals surface area contributed by atoms with Crippen LogP contribution in [0.4, 0.5) is 17.1 Å². The molecule has 0 bridgehead atoms. The van der Waals surface area contributed by atoms with Gasteiger partial charge in [-0.25, -0.2) is 19.6 Å². The number of carbonyl (C=O) groups excluding carboxylic acids is 6. The summed E-state index contributed by atoms with van der Waals surface area (Å²) in [7, 11) is 2.61. The molecule has 0 spiro atoms. The van der Waals surface area contributed by atoms with E-state index in [1.54, 1.807) is 78.0 Å². The van der Waals surface area contributed by atoms with E-state index in [4.69, 9.17) is 43.0 Å². The van der Waals surface area contributed by atoms with E-state index in [1.165, 1.54) is 25.2 Å². The number of Topliss-reactive ketones (excluding diaryl/α,β-unsaturated/α-hetero) is 1. The fourth-order valence-corrected chi connectivity index (χ4v) is 7.08. The van der Waals surface area contributed by atoms with Gasteiger partial charge in [-0.05, 0) is 77.9 Å². The maximum Gasteiger partial charge on any atom is 0.337 e. The molecule has 67 heavy (non-hydrogen) atoms. The lowest BCUT2D eigenvalue weighted by molar-refractivity contribution is -0.122. The van der Waals surface area contributed by atoms with Crippen molar-refractivity contribution >= 4 is 52.5 Å². The fraction of sp³-hybridized carbons (Fsp3) is 0.261. The summed E-state index contributed by atoms with van der Waals surface area (Å²) in [5.74, 6) is 1.54. The Morgan fingerprint density at radius 3 is 1.57 bits per heavy atom. The first-order valence-electron chi connectivity index (χ1n) is 20.5. The molecule has 21 heteroatoms. The number of rotatable bonds is 8. The molecule has 3 aromatic carbocycles. The standard InChI is InChI=1S/2C18H16N2O6.C10H9NO4/c1-23-18(22)12-2-3-14-13(7-12)20(16(21)10-26-14)9-11-6-15-17(19-8-11)25-5-4-24-15;21-9-14(22)12-1-2-15-13(6-12)20(17(23)10-26-15)8-11-5-16-18(19-7-11)25-4-3-24-16;1-14-10(13)6-2-3-8-7(4-6)11-9(12)5-15-8/h2-3,6-8H,4-5,9-10H2,1H3;1-2,5-7,21H,3-4,8-10H2;2-4H,5H2,1H3,(H,11,12). The van der Waals surface area contributed by atoms with Gasteiger partial charge in [-0.1, -0.05) is 0 Å². The lowest BCUT2D eigenvalue weighted by atomic mass is 10.1. The number of aromatic nitrogens is 2. The van der Waals surface area contributed by atoms with E-state index in [0.717, 1.165) is 11.1 Å². The van der Waals surface area contributed by atoms with E-state index in [1.807, 2.05) is 0 Å². The van der Waals surface area contributed by atoms with Crippen LogP contribution in [0.5, 0.6) is 40.5 Å². The highest BCUT2D eigenvalue weighted by Crippen LogP contribution is 2.37. The zero-order valence-corrected chi connectivity index (χ0v) is 35.9. The van der Waals surface area contributed by atoms with Crippen molar-refractivity contribution in [2.24, 2.45) is 0 Å². The summed E-state index contributed by atoms with van der Waals surface area (Å²) in [5.41, 5.74) is 4.06. The van der Waals surface area contributed by atoms with Crippen LogP contribution in [0.2, 0.25) is 0 Å². The zero-order valence-electron chi connectivity index (χ0n) is 35.9. The van der Waals surface area contributed by atoms with Crippen LogP contribution in [0.25, 0.3) is 0 Å². The average molecular weight is 920 g/mol. The number of aliphatic hydroxyl groups is 1. The predicted molar refractivity (Wildman–Crippen MR) is 231 cm³/mol. The maximum absolute atomic E-state index is 12.4. The number of hydrogen-bond donors (Lipinski definition) is 2. The first-order valence-corrected chi connectivity index (χ1v) is 20.5. The highest BCUT2D eigenvalue weighted by Gasteiger charge is 2.29. The number of methoxy groups -OCH3 is 2. The Bertz CT molecular complexity index is 2620. The second kappa shape index (κ2) is 20.2. The molecular weight excluding hydrogens is 879 g/mol. The lowest BCUT2D eigenvalue weighted by Gasteiger charge is -2.30. The van der Waals surface area contributed by atoms with E-state index in [-0.39, 0.29) is 50.6 Å². The van der Waals surface area contributed by atoms with Crippen molar-refractivity contribution in [3.05, 3.63) is 107 Å². The highest BCUT2D eigenvalue weighted by molar-refractivity contribution is 6.03. The minimum absolute atomic E-state index is 0.00453. The minimum atomic E-state index is -0.598. The molecule has 5 aliphatic heterocycles. The largest absolute Gasteiger partial charge is 0.484 e. The van der Waals surface area contributed by atoms with Gasteiger partial charge in [-0.3, -0.25) is 19.2 Å². The fourth-order valence-electron chi connectivity index (χ4n) is 7.08. The third-order valence-corrected chi connectivity index (χ3v) is 10.3. The quantitative estimate of drug-likeness (QED) is 0.167. The molecule has 0 saturated carbocycles. The lowest BCUT2D eigenvalue weighted by Crippen LogP contribution is -2.38. The van der Waals surface area contributed by atoms with Crippen molar-refractivity contribution in [1.82, 2.24) is 9.97 Å². The molecule has 0 atom stereocenters. The summed E-state index contributed by atoms with van der Waals surface area (Å²) in [6, 6.07) is 17.9. The average Bonchev–Trinajstić information content (AvgIpc) is 3.37. The Labute approximate surface area is 381 Å². The van der Waals surface area contributed by atoms with Crippen LogP contribution in [-0.2, 0) is 36.9 Å². The number of nitrogens with one attached hydrogen (secondary N) is 1. The van der Waals surface area contributed by atoms with E-state index >= 15 is 0 Å². The van der Waals surface area contributed by atoms with Crippen molar-refractivity contribution in [3.8, 4) is 40.5 Å². The van der Waals surface area contributed by atoms with Gasteiger partial charge < -0.3 is 62.9 Å². The van der Waals surface area contributed by atoms with Crippen LogP contribution in [0.1, 0.15) is 42.2 Å². The SMILES string of the molecule is COC(=O)c1ccc2c(c1)N(Cc1cnc3c(c1)OCCO3)C(=O)CO2.COC(=O)c1ccc2c(c1)NC(=O)CO2.O=C(CO)c1ccc2c(c1)N(Cc1cnc3c(c1)OCCO3)C(=O)CO2. The molecule has 0 radical (unpaired) electrons. The number of nitrogens with zero attached hydrogens (tertiary/aromatic N) is 4. The normalized spacial score (nSPS) is 14.8. The maximum atomic E-state index is 12.4. The van der Waals surface area contributed by atoms with Crippen molar-refractivity contribution in [3.63, 3.8) is 0 Å². The Balaban J connectivity index is 0.000000142. The van der Waals surface area contributed by atoms with Crippen LogP contribution in [-0.4, -0.2) is 118 Å². The molecule has 3 amide bonds. The Hall–Kier alpha value is -8.46. The van der Waals surface area contributed by atoms with Crippen LogP contribution in [0, 0.1) is 0 Å². The number of benzene rings is 3. The topological polar surface area (TPSA) is 250 Å². The molecule has 346 valence electrons. The number of amides is 3. The number of ether oxygens (including phenoxy) is 9. The van der Waals surface area contributed by atoms with Crippen LogP contribution >= 0.6 is 0 Å². The summed E-state index contributed by atoms with van der Waals surface area (Å²) in [6.07, 6.45) is 3.26. The molecule has 0 unspecified atom stereocenters. The van der Waals surface area contributed by atoms with Crippen molar-refractivity contribution in [2.75, 3.05) is 82.2 Å². The first-order chi connectivity index (χ1) is 32.5. The van der Waals surface area contributed by atoms with Gasteiger partial charge in [0.25, 0.3) is 29.5 Å². The van der Waals surface area contributed by atoms with Gasteiger partial charge in [0.2, 0.25) is 0 Å². The van der Waals surface area contributed by atoms with Gasteiger partial charge >= 0.3 is 11.9 Å². The third kappa shape index (κ3) is 10.3. The Morgan fingerprint density at radius 2 is 1.04 bits per heavy atom. The first kappa shape index (κ1) is 45.1. The second-order valence-electron chi connectivity index (χ2n) is 14.7. The second-order valence-corrected chi connectivity index (χ2v) is 14.7. The number of anilines is 3. The zero-order chi connectivity index (χ0) is 47.0. The molecule has 2 N–H and O–H groups in total. The molecule has 21 nitrogen and oxygen atoms in total. The summed E-state index contributed by atoms with van der Waals surface area (Å²) in [6.45, 7) is 1.59. The molecule has 5 aromatic rings. The molecule has 7 heterocycles. The third-order valence-electron chi connectivity index (χ3n) is 10.3. The number of pyridine rings is 2. The van der Waals surface area contributed by atoms with E-state index in [9.17, 15) is 28.8 Å². The molecule has 10 rings (SSSR count). The molecule has 0 fully saturated rings. The van der Waals surface area contributed by atoms with E-state index in [2.05, 4.69) is 20.0 Å². The van der Waals surface area contributed by atoms with Crippen molar-refractivity contribution in [1.29, 1.82) is 0 Å². The van der Waals surface area contributed by atoms with Gasteiger partial charge in [0.1, 0.15) is 50.3 Å². The summed E-state index contributed by atoms with van der Waals surface area (Å²) in [4.78, 5) is 82.1. The highest BCUT2D eigenvalue weighted by atomic mass is 16.6. The molecule has 0 saturated heterocycles. The van der Waals surface area contributed by atoms with Gasteiger partial charge in [0, 0.05) is 18.0 Å². The summed E-state index contributed by atoms with van der Waals surface area (Å²) >= 11 is 0. The Kier molecular flexibility index (Phi) is 13.6. The number of hydrogen-bond acceptors (Lipinski definition) is 18. The van der Waals surface area contributed by atoms with Crippen LogP contribution in [0.3, 0.4) is 0 Å². The van der Waals surface area contributed by atoms with Gasteiger partial charge in [-0.15, -0.1) is 0 Å². The number of esters is 2. The monoisotopic (exact) mass is 919 g/mol. The molecule has 5 aliphatic rings. The molecular formula is C46H41N5O16.